The zero-order valence-electron chi connectivity index (χ0n) is 23.5. The van der Waals surface area contributed by atoms with E-state index < -0.39 is 11.5 Å². The lowest BCUT2D eigenvalue weighted by Crippen LogP contribution is -2.32. The maximum absolute atomic E-state index is 12.3. The summed E-state index contributed by atoms with van der Waals surface area (Å²) in [5, 5.41) is 10.3. The molecule has 0 radical (unpaired) electrons. The highest BCUT2D eigenvalue weighted by Gasteiger charge is 2.32. The zero-order chi connectivity index (χ0) is 26.6. The van der Waals surface area contributed by atoms with E-state index in [1.54, 1.807) is 0 Å². The molecule has 4 heteroatoms. The van der Waals surface area contributed by atoms with E-state index >= 15 is 0 Å². The van der Waals surface area contributed by atoms with Gasteiger partial charge in [-0.15, -0.1) is 0 Å². The Morgan fingerprint density at radius 2 is 1.29 bits per heavy atom. The highest BCUT2D eigenvalue weighted by atomic mass is 16.5. The van der Waals surface area contributed by atoms with E-state index in [1.807, 2.05) is 60.6 Å². The van der Waals surface area contributed by atoms with Gasteiger partial charge < -0.3 is 14.6 Å². The van der Waals surface area contributed by atoms with Crippen LogP contribution in [0.2, 0.25) is 0 Å². The second kappa shape index (κ2) is 11.2. The number of carbonyl (C=O) groups is 1. The van der Waals surface area contributed by atoms with E-state index in [4.69, 9.17) is 9.47 Å². The molecule has 4 nitrogen and oxygen atoms in total. The first-order valence-electron chi connectivity index (χ1n) is 12.8. The summed E-state index contributed by atoms with van der Waals surface area (Å²) in [6.07, 6.45) is 1.37. The van der Waals surface area contributed by atoms with Gasteiger partial charge in [-0.2, -0.15) is 0 Å². The van der Waals surface area contributed by atoms with E-state index in [1.165, 1.54) is 11.1 Å². The molecule has 2 rings (SSSR count). The maximum atomic E-state index is 12.3. The number of ether oxygens (including phenoxy) is 2. The van der Waals surface area contributed by atoms with Crippen molar-refractivity contribution in [3.8, 4) is 11.5 Å². The fraction of sp³-hybridized carbons (Fsp3) is 0.581. The SMILES string of the molecule is CCC(CC)(c1ccc(OCC(=O)C(C)(C)C)c(C)c1)c1ccc(OC[C@H](O)C(C)(C)C)c(C)c1. The Labute approximate surface area is 213 Å². The van der Waals surface area contributed by atoms with Crippen molar-refractivity contribution in [2.24, 2.45) is 10.8 Å². The minimum absolute atomic E-state index is 0.0843. The van der Waals surface area contributed by atoms with Crippen LogP contribution in [0, 0.1) is 24.7 Å². The molecule has 1 N–H and O–H groups in total. The highest BCUT2D eigenvalue weighted by molar-refractivity contribution is 5.85. The molecule has 0 aromatic heterocycles. The van der Waals surface area contributed by atoms with Crippen molar-refractivity contribution in [2.45, 2.75) is 93.6 Å². The third-order valence-electron chi connectivity index (χ3n) is 7.25. The molecular formula is C31H46O4. The van der Waals surface area contributed by atoms with Crippen LogP contribution in [-0.2, 0) is 10.2 Å². The van der Waals surface area contributed by atoms with Gasteiger partial charge in [0, 0.05) is 10.8 Å². The zero-order valence-corrected chi connectivity index (χ0v) is 23.5. The first-order chi connectivity index (χ1) is 16.2. The number of hydrogen-bond acceptors (Lipinski definition) is 4. The number of carbonyl (C=O) groups excluding carboxylic acids is 1. The number of benzene rings is 2. The smallest absolute Gasteiger partial charge is 0.175 e. The van der Waals surface area contributed by atoms with E-state index in [2.05, 4.69) is 45.0 Å². The molecule has 194 valence electrons. The van der Waals surface area contributed by atoms with Gasteiger partial charge in [-0.05, 0) is 66.5 Å². The molecule has 0 heterocycles. The van der Waals surface area contributed by atoms with Crippen molar-refractivity contribution < 1.29 is 19.4 Å². The first-order valence-corrected chi connectivity index (χ1v) is 12.8. The lowest BCUT2D eigenvalue weighted by atomic mass is 9.70. The van der Waals surface area contributed by atoms with Crippen LogP contribution in [0.3, 0.4) is 0 Å². The van der Waals surface area contributed by atoms with Crippen molar-refractivity contribution in [2.75, 3.05) is 13.2 Å². The van der Waals surface area contributed by atoms with Gasteiger partial charge >= 0.3 is 0 Å². The number of hydrogen-bond donors (Lipinski definition) is 1. The van der Waals surface area contributed by atoms with Crippen LogP contribution >= 0.6 is 0 Å². The number of aryl methyl sites for hydroxylation is 2. The molecule has 35 heavy (non-hydrogen) atoms. The Hall–Kier alpha value is -2.33. The Morgan fingerprint density at radius 1 is 0.829 bits per heavy atom. The maximum Gasteiger partial charge on any atom is 0.175 e. The van der Waals surface area contributed by atoms with Crippen LogP contribution < -0.4 is 9.47 Å². The molecule has 0 fully saturated rings. The van der Waals surface area contributed by atoms with Crippen LogP contribution in [-0.4, -0.2) is 30.2 Å². The number of aliphatic hydroxyl groups excluding tert-OH is 1. The van der Waals surface area contributed by atoms with Crippen molar-refractivity contribution >= 4 is 5.78 Å². The van der Waals surface area contributed by atoms with Crippen LogP contribution in [0.25, 0.3) is 0 Å². The van der Waals surface area contributed by atoms with Crippen LogP contribution in [0.1, 0.15) is 90.5 Å². The van der Waals surface area contributed by atoms with Gasteiger partial charge in [0.2, 0.25) is 0 Å². The third kappa shape index (κ3) is 6.88. The lowest BCUT2D eigenvalue weighted by molar-refractivity contribution is -0.128. The molecule has 2 aromatic carbocycles. The molecular weight excluding hydrogens is 436 g/mol. The molecule has 0 aliphatic carbocycles. The molecule has 0 aliphatic heterocycles. The van der Waals surface area contributed by atoms with Gasteiger partial charge in [0.25, 0.3) is 0 Å². The Balaban J connectivity index is 2.31. The second-order valence-electron chi connectivity index (χ2n) is 11.9. The van der Waals surface area contributed by atoms with Crippen LogP contribution in [0.5, 0.6) is 11.5 Å². The molecule has 0 amide bonds. The monoisotopic (exact) mass is 482 g/mol. The van der Waals surface area contributed by atoms with Gasteiger partial charge in [-0.1, -0.05) is 79.7 Å². The molecule has 0 saturated heterocycles. The van der Waals surface area contributed by atoms with Crippen molar-refractivity contribution in [1.29, 1.82) is 0 Å². The Kier molecular flexibility index (Phi) is 9.21. The molecule has 0 unspecified atom stereocenters. The lowest BCUT2D eigenvalue weighted by Gasteiger charge is -2.34. The minimum Gasteiger partial charge on any atom is -0.491 e. The van der Waals surface area contributed by atoms with Crippen molar-refractivity contribution in [1.82, 2.24) is 0 Å². The van der Waals surface area contributed by atoms with Gasteiger partial charge in [-0.25, -0.2) is 0 Å². The van der Waals surface area contributed by atoms with Crippen molar-refractivity contribution in [3.63, 3.8) is 0 Å². The number of ketones is 1. The summed E-state index contributed by atoms with van der Waals surface area (Å²) in [6.45, 7) is 20.7. The van der Waals surface area contributed by atoms with E-state index in [-0.39, 0.29) is 29.8 Å². The van der Waals surface area contributed by atoms with Crippen LogP contribution in [0.4, 0.5) is 0 Å². The summed E-state index contributed by atoms with van der Waals surface area (Å²) in [5.41, 5.74) is 3.81. The predicted molar refractivity (Wildman–Crippen MR) is 145 cm³/mol. The largest absolute Gasteiger partial charge is 0.491 e. The summed E-state index contributed by atoms with van der Waals surface area (Å²) in [4.78, 5) is 12.3. The second-order valence-corrected chi connectivity index (χ2v) is 11.9. The average Bonchev–Trinajstić information content (AvgIpc) is 2.77. The number of Topliss-reactive ketones (excluding diaryl/α,β-unsaturated/α-hetero) is 1. The summed E-state index contributed by atoms with van der Waals surface area (Å²) < 4.78 is 11.9. The van der Waals surface area contributed by atoms with E-state index in [0.29, 0.717) is 0 Å². The minimum atomic E-state index is -0.533. The van der Waals surface area contributed by atoms with E-state index in [0.717, 1.165) is 35.5 Å². The number of rotatable bonds is 10. The van der Waals surface area contributed by atoms with Crippen molar-refractivity contribution in [3.05, 3.63) is 58.7 Å². The van der Waals surface area contributed by atoms with Crippen LogP contribution in [0.15, 0.2) is 36.4 Å². The van der Waals surface area contributed by atoms with E-state index in [9.17, 15) is 9.90 Å². The number of aliphatic hydroxyl groups is 1. The average molecular weight is 483 g/mol. The molecule has 0 bridgehead atoms. The predicted octanol–water partition coefficient (Wildman–Crippen LogP) is 7.19. The van der Waals surface area contributed by atoms with Gasteiger partial charge in [-0.3, -0.25) is 4.79 Å². The summed E-state index contributed by atoms with van der Waals surface area (Å²) >= 11 is 0. The first kappa shape index (κ1) is 28.9. The molecule has 0 aliphatic rings. The summed E-state index contributed by atoms with van der Waals surface area (Å²) in [7, 11) is 0. The topological polar surface area (TPSA) is 55.8 Å². The normalized spacial score (nSPS) is 13.5. The summed E-state index contributed by atoms with van der Waals surface area (Å²) in [5.74, 6) is 1.65. The standard InChI is InChI=1S/C31H46O4/c1-11-31(12-2,23-13-15-25(21(3)17-23)34-19-27(32)29(5,6)7)24-14-16-26(22(4)18-24)35-20-28(33)30(8,9)10/h13-18,27,32H,11-12,19-20H2,1-10H3/t27-/m0/s1. The van der Waals surface area contributed by atoms with Gasteiger partial charge in [0.15, 0.2) is 5.78 Å². The highest BCUT2D eigenvalue weighted by Crippen LogP contribution is 2.41. The molecule has 1 atom stereocenters. The molecule has 0 saturated carbocycles. The van der Waals surface area contributed by atoms with Gasteiger partial charge in [0.05, 0.1) is 6.10 Å². The fourth-order valence-corrected chi connectivity index (χ4v) is 4.23. The summed E-state index contributed by atoms with van der Waals surface area (Å²) in [6, 6.07) is 12.7. The third-order valence-corrected chi connectivity index (χ3v) is 7.25. The Bertz CT molecular complexity index is 1000. The molecule has 0 spiro atoms. The Morgan fingerprint density at radius 3 is 1.66 bits per heavy atom. The molecule has 2 aromatic rings. The van der Waals surface area contributed by atoms with Gasteiger partial charge in [0.1, 0.15) is 24.7 Å². The fourth-order valence-electron chi connectivity index (χ4n) is 4.23. The quantitative estimate of drug-likeness (QED) is 0.389.